The summed E-state index contributed by atoms with van der Waals surface area (Å²) < 4.78 is 0. The lowest BCUT2D eigenvalue weighted by atomic mass is 9.89. The highest BCUT2D eigenvalue weighted by Crippen LogP contribution is 2.22. The van der Waals surface area contributed by atoms with Crippen LogP contribution in [0.5, 0.6) is 0 Å². The fourth-order valence-electron chi connectivity index (χ4n) is 1.10. The zero-order valence-electron chi connectivity index (χ0n) is 8.51. The molecule has 0 aromatic carbocycles. The Morgan fingerprint density at radius 3 is 2.42 bits per heavy atom. The summed E-state index contributed by atoms with van der Waals surface area (Å²) in [4.78, 5) is 0. The molecule has 0 aliphatic rings. The summed E-state index contributed by atoms with van der Waals surface area (Å²) >= 11 is 0. The molecule has 0 amide bonds. The summed E-state index contributed by atoms with van der Waals surface area (Å²) in [7, 11) is 0. The molecule has 0 saturated carbocycles. The van der Waals surface area contributed by atoms with Crippen molar-refractivity contribution in [1.82, 2.24) is 0 Å². The highest BCUT2D eigenvalue weighted by molar-refractivity contribution is 4.99. The van der Waals surface area contributed by atoms with E-state index in [2.05, 4.69) is 51.7 Å². The second-order valence-electron chi connectivity index (χ2n) is 3.69. The molecule has 0 fully saturated rings. The van der Waals surface area contributed by atoms with E-state index >= 15 is 0 Å². The molecule has 0 N–H and O–H groups in total. The van der Waals surface area contributed by atoms with Gasteiger partial charge in [-0.25, -0.2) is 0 Å². The zero-order chi connectivity index (χ0) is 9.45. The molecule has 0 rings (SSSR count). The Kier molecular flexibility index (Phi) is 5.44. The van der Waals surface area contributed by atoms with Crippen LogP contribution in [0.3, 0.4) is 0 Å². The first kappa shape index (κ1) is 11.2. The molecule has 0 unspecified atom stereocenters. The van der Waals surface area contributed by atoms with E-state index in [0.717, 1.165) is 12.8 Å². The van der Waals surface area contributed by atoms with Gasteiger partial charge >= 0.3 is 0 Å². The van der Waals surface area contributed by atoms with E-state index in [0.29, 0.717) is 5.41 Å². The van der Waals surface area contributed by atoms with E-state index in [-0.39, 0.29) is 0 Å². The Bertz CT molecular complexity index is 170. The predicted octanol–water partition coefficient (Wildman–Crippen LogP) is 4.11. The maximum absolute atomic E-state index is 3.67. The molecule has 0 spiro atoms. The third kappa shape index (κ3) is 5.96. The van der Waals surface area contributed by atoms with Crippen LogP contribution in [0, 0.1) is 5.41 Å². The average Bonchev–Trinajstić information content (AvgIpc) is 1.98. The molecular weight excluding hydrogens is 144 g/mol. The standard InChI is InChI=1S/C12H20/c1-5-7-8-9-11-12(3,4)10-6-2/h5-6,8-10H,1,7,11H2,2-4H3/b9-8+,10-6+. The van der Waals surface area contributed by atoms with Gasteiger partial charge in [-0.1, -0.05) is 44.2 Å². The van der Waals surface area contributed by atoms with Crippen molar-refractivity contribution >= 4 is 0 Å². The fourth-order valence-corrected chi connectivity index (χ4v) is 1.10. The van der Waals surface area contributed by atoms with Crippen molar-refractivity contribution in [2.24, 2.45) is 5.41 Å². The van der Waals surface area contributed by atoms with E-state index in [1.807, 2.05) is 6.08 Å². The SMILES string of the molecule is C=CC/C=C/CC(C)(C)/C=C/C. The van der Waals surface area contributed by atoms with E-state index in [4.69, 9.17) is 0 Å². The monoisotopic (exact) mass is 164 g/mol. The molecule has 0 saturated heterocycles. The first-order chi connectivity index (χ1) is 5.62. The molecule has 0 aromatic rings. The average molecular weight is 164 g/mol. The topological polar surface area (TPSA) is 0 Å². The van der Waals surface area contributed by atoms with Crippen molar-refractivity contribution in [3.8, 4) is 0 Å². The second kappa shape index (κ2) is 5.82. The van der Waals surface area contributed by atoms with Crippen molar-refractivity contribution in [2.75, 3.05) is 0 Å². The summed E-state index contributed by atoms with van der Waals surface area (Å²) in [6.45, 7) is 10.2. The molecule has 0 atom stereocenters. The van der Waals surface area contributed by atoms with Crippen molar-refractivity contribution in [3.05, 3.63) is 37.0 Å². The van der Waals surface area contributed by atoms with Crippen LogP contribution < -0.4 is 0 Å². The summed E-state index contributed by atoms with van der Waals surface area (Å²) in [6, 6.07) is 0. The van der Waals surface area contributed by atoms with Crippen molar-refractivity contribution in [2.45, 2.75) is 33.6 Å². The third-order valence-corrected chi connectivity index (χ3v) is 1.73. The summed E-state index contributed by atoms with van der Waals surface area (Å²) in [6.07, 6.45) is 12.7. The van der Waals surface area contributed by atoms with Crippen LogP contribution in [-0.4, -0.2) is 0 Å². The molecule has 0 heterocycles. The molecule has 0 aromatic heterocycles. The number of allylic oxidation sites excluding steroid dienone is 5. The number of hydrogen-bond acceptors (Lipinski definition) is 0. The molecule has 0 aliphatic heterocycles. The van der Waals surface area contributed by atoms with Gasteiger partial charge in [-0.15, -0.1) is 6.58 Å². The van der Waals surface area contributed by atoms with Crippen LogP contribution in [0.1, 0.15) is 33.6 Å². The summed E-state index contributed by atoms with van der Waals surface area (Å²) in [5.41, 5.74) is 0.298. The van der Waals surface area contributed by atoms with Crippen LogP contribution >= 0.6 is 0 Å². The minimum absolute atomic E-state index is 0.298. The van der Waals surface area contributed by atoms with Gasteiger partial charge in [0.05, 0.1) is 0 Å². The Labute approximate surface area is 76.7 Å². The van der Waals surface area contributed by atoms with E-state index in [1.54, 1.807) is 0 Å². The van der Waals surface area contributed by atoms with Gasteiger partial charge < -0.3 is 0 Å². The van der Waals surface area contributed by atoms with Crippen LogP contribution in [0.4, 0.5) is 0 Å². The van der Waals surface area contributed by atoms with Crippen LogP contribution in [0.15, 0.2) is 37.0 Å². The first-order valence-corrected chi connectivity index (χ1v) is 4.52. The molecular formula is C12H20. The smallest absolute Gasteiger partial charge is 0.0140 e. The predicted molar refractivity (Wildman–Crippen MR) is 57.2 cm³/mol. The fraction of sp³-hybridized carbons (Fsp3) is 0.500. The highest BCUT2D eigenvalue weighted by atomic mass is 14.1. The van der Waals surface area contributed by atoms with Gasteiger partial charge in [0.25, 0.3) is 0 Å². The van der Waals surface area contributed by atoms with Crippen molar-refractivity contribution < 1.29 is 0 Å². The molecule has 0 radical (unpaired) electrons. The Morgan fingerprint density at radius 1 is 1.25 bits per heavy atom. The third-order valence-electron chi connectivity index (χ3n) is 1.73. The normalized spacial score (nSPS) is 12.9. The van der Waals surface area contributed by atoms with Crippen molar-refractivity contribution in [3.63, 3.8) is 0 Å². The Balaban J connectivity index is 3.81. The largest absolute Gasteiger partial charge is 0.103 e. The van der Waals surface area contributed by atoms with Gasteiger partial charge in [-0.05, 0) is 25.2 Å². The van der Waals surface area contributed by atoms with Gasteiger partial charge in [0.15, 0.2) is 0 Å². The van der Waals surface area contributed by atoms with E-state index in [9.17, 15) is 0 Å². The number of hydrogen-bond donors (Lipinski definition) is 0. The van der Waals surface area contributed by atoms with E-state index < -0.39 is 0 Å². The maximum atomic E-state index is 3.67. The minimum atomic E-state index is 0.298. The molecule has 0 heteroatoms. The molecule has 0 aliphatic carbocycles. The van der Waals surface area contributed by atoms with E-state index in [1.165, 1.54) is 0 Å². The quantitative estimate of drug-likeness (QED) is 0.536. The molecule has 12 heavy (non-hydrogen) atoms. The lowest BCUT2D eigenvalue weighted by Crippen LogP contribution is -2.04. The lowest BCUT2D eigenvalue weighted by molar-refractivity contribution is 0.488. The second-order valence-corrected chi connectivity index (χ2v) is 3.69. The van der Waals surface area contributed by atoms with Crippen LogP contribution in [0.2, 0.25) is 0 Å². The minimum Gasteiger partial charge on any atom is -0.103 e. The van der Waals surface area contributed by atoms with Gasteiger partial charge in [0.2, 0.25) is 0 Å². The van der Waals surface area contributed by atoms with Gasteiger partial charge in [0.1, 0.15) is 0 Å². The number of rotatable bonds is 5. The zero-order valence-corrected chi connectivity index (χ0v) is 8.51. The lowest BCUT2D eigenvalue weighted by Gasteiger charge is -2.16. The van der Waals surface area contributed by atoms with Gasteiger partial charge in [-0.2, -0.15) is 0 Å². The highest BCUT2D eigenvalue weighted by Gasteiger charge is 2.09. The summed E-state index contributed by atoms with van der Waals surface area (Å²) in [5, 5.41) is 0. The molecule has 68 valence electrons. The summed E-state index contributed by atoms with van der Waals surface area (Å²) in [5.74, 6) is 0. The molecule has 0 bridgehead atoms. The van der Waals surface area contributed by atoms with Crippen LogP contribution in [0.25, 0.3) is 0 Å². The van der Waals surface area contributed by atoms with Gasteiger partial charge in [-0.3, -0.25) is 0 Å². The molecule has 0 nitrogen and oxygen atoms in total. The Morgan fingerprint density at radius 2 is 1.92 bits per heavy atom. The first-order valence-electron chi connectivity index (χ1n) is 4.52. The van der Waals surface area contributed by atoms with Crippen molar-refractivity contribution in [1.29, 1.82) is 0 Å². The van der Waals surface area contributed by atoms with Crippen LogP contribution in [-0.2, 0) is 0 Å². The Hall–Kier alpha value is -0.780. The maximum Gasteiger partial charge on any atom is -0.0140 e. The van der Waals surface area contributed by atoms with Gasteiger partial charge in [0, 0.05) is 0 Å².